The van der Waals surface area contributed by atoms with E-state index in [0.717, 1.165) is 17.4 Å². The fourth-order valence-corrected chi connectivity index (χ4v) is 2.47. The van der Waals surface area contributed by atoms with Gasteiger partial charge in [-0.3, -0.25) is 0 Å². The molecule has 2 aromatic carbocycles. The van der Waals surface area contributed by atoms with E-state index in [4.69, 9.17) is 0 Å². The molecule has 100 valence electrons. The average molecular weight is 318 g/mol. The Balaban J connectivity index is 2.15. The quantitative estimate of drug-likeness (QED) is 0.846. The molecule has 0 fully saturated rings. The van der Waals surface area contributed by atoms with Gasteiger partial charge in [-0.2, -0.15) is 0 Å². The number of nitrogens with one attached hydrogen (secondary N) is 1. The van der Waals surface area contributed by atoms with Crippen molar-refractivity contribution >= 4 is 15.9 Å². The number of rotatable bonds is 5. The van der Waals surface area contributed by atoms with Crippen molar-refractivity contribution < 1.29 is 0 Å². The highest BCUT2D eigenvalue weighted by Gasteiger charge is 2.10. The Morgan fingerprint density at radius 2 is 1.63 bits per heavy atom. The fourth-order valence-electron chi connectivity index (χ4n) is 2.21. The predicted octanol–water partition coefficient (Wildman–Crippen LogP) is 4.65. The lowest BCUT2D eigenvalue weighted by Gasteiger charge is -2.19. The SMILES string of the molecule is CCNC(Cc1ccc(Br)cc1)c1ccc(C)cc1. The molecule has 19 heavy (non-hydrogen) atoms. The second kappa shape index (κ2) is 6.88. The van der Waals surface area contributed by atoms with Crippen LogP contribution in [0, 0.1) is 6.92 Å². The Hall–Kier alpha value is -1.12. The van der Waals surface area contributed by atoms with Gasteiger partial charge < -0.3 is 5.32 Å². The van der Waals surface area contributed by atoms with Gasteiger partial charge in [0, 0.05) is 10.5 Å². The van der Waals surface area contributed by atoms with Crippen LogP contribution in [0.4, 0.5) is 0 Å². The summed E-state index contributed by atoms with van der Waals surface area (Å²) in [5.74, 6) is 0. The number of hydrogen-bond donors (Lipinski definition) is 1. The van der Waals surface area contributed by atoms with Crippen LogP contribution in [0.1, 0.15) is 29.7 Å². The maximum absolute atomic E-state index is 3.57. The predicted molar refractivity (Wildman–Crippen MR) is 85.4 cm³/mol. The van der Waals surface area contributed by atoms with E-state index in [1.807, 2.05) is 0 Å². The summed E-state index contributed by atoms with van der Waals surface area (Å²) in [6, 6.07) is 17.8. The lowest BCUT2D eigenvalue weighted by molar-refractivity contribution is 0.550. The van der Waals surface area contributed by atoms with E-state index >= 15 is 0 Å². The molecular weight excluding hydrogens is 298 g/mol. The molecule has 0 spiro atoms. The smallest absolute Gasteiger partial charge is 0.0360 e. The number of halogens is 1. The third-order valence-electron chi connectivity index (χ3n) is 3.28. The first-order valence-corrected chi connectivity index (χ1v) is 7.52. The van der Waals surface area contributed by atoms with Crippen molar-refractivity contribution in [2.24, 2.45) is 0 Å². The first-order chi connectivity index (χ1) is 9.19. The minimum atomic E-state index is 0.381. The van der Waals surface area contributed by atoms with E-state index in [0.29, 0.717) is 6.04 Å². The zero-order valence-corrected chi connectivity index (χ0v) is 13.1. The molecule has 1 nitrogen and oxygen atoms in total. The van der Waals surface area contributed by atoms with Crippen molar-refractivity contribution in [1.82, 2.24) is 5.32 Å². The monoisotopic (exact) mass is 317 g/mol. The van der Waals surface area contributed by atoms with Crippen molar-refractivity contribution in [3.63, 3.8) is 0 Å². The first kappa shape index (κ1) is 14.3. The van der Waals surface area contributed by atoms with E-state index in [1.54, 1.807) is 0 Å². The number of likely N-dealkylation sites (N-methyl/N-ethyl adjacent to an activating group) is 1. The zero-order chi connectivity index (χ0) is 13.7. The van der Waals surface area contributed by atoms with Crippen molar-refractivity contribution in [2.75, 3.05) is 6.54 Å². The van der Waals surface area contributed by atoms with Crippen LogP contribution in [0.2, 0.25) is 0 Å². The van der Waals surface area contributed by atoms with Crippen LogP contribution >= 0.6 is 15.9 Å². The molecule has 1 atom stereocenters. The minimum Gasteiger partial charge on any atom is -0.310 e. The van der Waals surface area contributed by atoms with Gasteiger partial charge in [0.1, 0.15) is 0 Å². The fraction of sp³-hybridized carbons (Fsp3) is 0.294. The molecule has 1 N–H and O–H groups in total. The van der Waals surface area contributed by atoms with Gasteiger partial charge in [0.25, 0.3) is 0 Å². The highest BCUT2D eigenvalue weighted by Crippen LogP contribution is 2.20. The van der Waals surface area contributed by atoms with Crippen LogP contribution in [0.3, 0.4) is 0 Å². The lowest BCUT2D eigenvalue weighted by atomic mass is 9.98. The van der Waals surface area contributed by atoms with Crippen LogP contribution in [0.5, 0.6) is 0 Å². The van der Waals surface area contributed by atoms with E-state index in [9.17, 15) is 0 Å². The zero-order valence-electron chi connectivity index (χ0n) is 11.5. The van der Waals surface area contributed by atoms with Crippen molar-refractivity contribution in [1.29, 1.82) is 0 Å². The molecule has 0 saturated heterocycles. The van der Waals surface area contributed by atoms with E-state index in [2.05, 4.69) is 83.6 Å². The molecule has 2 heteroatoms. The second-order valence-electron chi connectivity index (χ2n) is 4.85. The van der Waals surface area contributed by atoms with Gasteiger partial charge in [0.2, 0.25) is 0 Å². The highest BCUT2D eigenvalue weighted by molar-refractivity contribution is 9.10. The summed E-state index contributed by atoms with van der Waals surface area (Å²) in [7, 11) is 0. The van der Waals surface area contributed by atoms with Crippen LogP contribution in [-0.4, -0.2) is 6.54 Å². The molecule has 0 aromatic heterocycles. The van der Waals surface area contributed by atoms with Gasteiger partial charge in [0.15, 0.2) is 0 Å². The highest BCUT2D eigenvalue weighted by atomic mass is 79.9. The average Bonchev–Trinajstić information content (AvgIpc) is 2.42. The summed E-state index contributed by atoms with van der Waals surface area (Å²) < 4.78 is 1.13. The van der Waals surface area contributed by atoms with Gasteiger partial charge in [-0.15, -0.1) is 0 Å². The normalized spacial score (nSPS) is 12.4. The molecule has 0 bridgehead atoms. The third-order valence-corrected chi connectivity index (χ3v) is 3.81. The Labute approximate surface area is 124 Å². The molecule has 0 saturated carbocycles. The first-order valence-electron chi connectivity index (χ1n) is 6.73. The van der Waals surface area contributed by atoms with Crippen molar-refractivity contribution in [2.45, 2.75) is 26.3 Å². The van der Waals surface area contributed by atoms with Gasteiger partial charge in [-0.1, -0.05) is 64.8 Å². The Morgan fingerprint density at radius 1 is 1.00 bits per heavy atom. The third kappa shape index (κ3) is 4.19. The number of aryl methyl sites for hydroxylation is 1. The van der Waals surface area contributed by atoms with Crippen LogP contribution in [-0.2, 0) is 6.42 Å². The van der Waals surface area contributed by atoms with Gasteiger partial charge in [-0.25, -0.2) is 0 Å². The Kier molecular flexibility index (Phi) is 5.17. The standard InChI is InChI=1S/C17H20BrN/c1-3-19-17(15-8-4-13(2)5-9-15)12-14-6-10-16(18)11-7-14/h4-11,17,19H,3,12H2,1-2H3. The molecule has 0 aliphatic rings. The summed E-state index contributed by atoms with van der Waals surface area (Å²) in [4.78, 5) is 0. The van der Waals surface area contributed by atoms with E-state index in [-0.39, 0.29) is 0 Å². The summed E-state index contributed by atoms with van der Waals surface area (Å²) in [6.45, 7) is 5.26. The van der Waals surface area contributed by atoms with Crippen LogP contribution < -0.4 is 5.32 Å². The van der Waals surface area contributed by atoms with Gasteiger partial charge in [-0.05, 0) is 43.1 Å². The molecular formula is C17H20BrN. The van der Waals surface area contributed by atoms with Crippen molar-refractivity contribution in [3.05, 3.63) is 69.7 Å². The molecule has 0 heterocycles. The molecule has 0 aliphatic heterocycles. The van der Waals surface area contributed by atoms with E-state index in [1.165, 1.54) is 16.7 Å². The number of benzene rings is 2. The lowest BCUT2D eigenvalue weighted by Crippen LogP contribution is -2.22. The molecule has 0 amide bonds. The molecule has 2 aromatic rings. The molecule has 0 radical (unpaired) electrons. The van der Waals surface area contributed by atoms with Gasteiger partial charge in [0.05, 0.1) is 0 Å². The molecule has 1 unspecified atom stereocenters. The van der Waals surface area contributed by atoms with Gasteiger partial charge >= 0.3 is 0 Å². The van der Waals surface area contributed by atoms with Crippen molar-refractivity contribution in [3.8, 4) is 0 Å². The summed E-state index contributed by atoms with van der Waals surface area (Å²) in [6.07, 6.45) is 1.02. The van der Waals surface area contributed by atoms with Crippen LogP contribution in [0.25, 0.3) is 0 Å². The Bertz CT molecular complexity index is 502. The molecule has 0 aliphatic carbocycles. The topological polar surface area (TPSA) is 12.0 Å². The molecule has 2 rings (SSSR count). The summed E-state index contributed by atoms with van der Waals surface area (Å²) in [5.41, 5.74) is 4.02. The maximum Gasteiger partial charge on any atom is 0.0360 e. The second-order valence-corrected chi connectivity index (χ2v) is 5.77. The minimum absolute atomic E-state index is 0.381. The maximum atomic E-state index is 3.57. The Morgan fingerprint density at radius 3 is 2.21 bits per heavy atom. The number of hydrogen-bond acceptors (Lipinski definition) is 1. The largest absolute Gasteiger partial charge is 0.310 e. The van der Waals surface area contributed by atoms with E-state index < -0.39 is 0 Å². The summed E-state index contributed by atoms with van der Waals surface area (Å²) in [5, 5.41) is 3.57. The van der Waals surface area contributed by atoms with Crippen LogP contribution in [0.15, 0.2) is 53.0 Å². The summed E-state index contributed by atoms with van der Waals surface area (Å²) >= 11 is 3.48.